The smallest absolute Gasteiger partial charge is 0.243 e. The van der Waals surface area contributed by atoms with Crippen LogP contribution in [0.15, 0.2) is 4.99 Å². The Morgan fingerprint density at radius 3 is 2.66 bits per heavy atom. The summed E-state index contributed by atoms with van der Waals surface area (Å²) in [6.07, 6.45) is 5.12. The number of rotatable bonds is 9. The highest BCUT2D eigenvalue weighted by molar-refractivity contribution is 14.0. The summed E-state index contributed by atoms with van der Waals surface area (Å²) in [6, 6.07) is 0. The highest BCUT2D eigenvalue weighted by Crippen LogP contribution is 2.39. The molecular formula is C20H39IN4O4. The van der Waals surface area contributed by atoms with E-state index in [-0.39, 0.29) is 48.3 Å². The number of amides is 1. The summed E-state index contributed by atoms with van der Waals surface area (Å²) < 4.78 is 17.6. The third-order valence-electron chi connectivity index (χ3n) is 5.28. The van der Waals surface area contributed by atoms with Gasteiger partial charge in [-0.05, 0) is 32.1 Å². The van der Waals surface area contributed by atoms with Gasteiger partial charge in [-0.3, -0.25) is 4.79 Å². The number of hydrogen-bond acceptors (Lipinski definition) is 5. The van der Waals surface area contributed by atoms with Crippen LogP contribution in [0.2, 0.25) is 0 Å². The summed E-state index contributed by atoms with van der Waals surface area (Å²) in [5.41, 5.74) is 0. The fourth-order valence-corrected chi connectivity index (χ4v) is 3.38. The number of guanidine groups is 1. The largest absolute Gasteiger partial charge is 0.382 e. The second kappa shape index (κ2) is 13.6. The van der Waals surface area contributed by atoms with Crippen LogP contribution in [0.3, 0.4) is 0 Å². The van der Waals surface area contributed by atoms with E-state index in [0.29, 0.717) is 25.7 Å². The maximum atomic E-state index is 11.9. The highest BCUT2D eigenvalue weighted by Gasteiger charge is 2.43. The van der Waals surface area contributed by atoms with Crippen molar-refractivity contribution in [1.29, 1.82) is 0 Å². The summed E-state index contributed by atoms with van der Waals surface area (Å²) in [6.45, 7) is 7.72. The molecule has 29 heavy (non-hydrogen) atoms. The Bertz CT molecular complexity index is 511. The normalized spacial score (nSPS) is 26.8. The van der Waals surface area contributed by atoms with Crippen molar-refractivity contribution in [3.05, 3.63) is 0 Å². The van der Waals surface area contributed by atoms with E-state index in [4.69, 9.17) is 14.2 Å². The number of carbonyl (C=O) groups is 1. The van der Waals surface area contributed by atoms with E-state index in [1.807, 2.05) is 6.92 Å². The zero-order chi connectivity index (χ0) is 20.4. The van der Waals surface area contributed by atoms with Crippen LogP contribution in [-0.2, 0) is 19.0 Å². The molecule has 1 atom stereocenters. The van der Waals surface area contributed by atoms with Crippen LogP contribution < -0.4 is 10.6 Å². The van der Waals surface area contributed by atoms with Gasteiger partial charge in [-0.15, -0.1) is 24.0 Å². The highest BCUT2D eigenvalue weighted by atomic mass is 127. The second-order valence-electron chi connectivity index (χ2n) is 7.96. The lowest BCUT2D eigenvalue weighted by Crippen LogP contribution is -2.43. The first-order chi connectivity index (χ1) is 13.4. The molecule has 1 spiro atoms. The molecule has 1 unspecified atom stereocenters. The Morgan fingerprint density at radius 2 is 2.00 bits per heavy atom. The quantitative estimate of drug-likeness (QED) is 0.207. The van der Waals surface area contributed by atoms with Gasteiger partial charge >= 0.3 is 0 Å². The van der Waals surface area contributed by atoms with Crippen LogP contribution in [0.5, 0.6) is 0 Å². The van der Waals surface area contributed by atoms with Crippen molar-refractivity contribution >= 4 is 35.8 Å². The van der Waals surface area contributed by atoms with Gasteiger partial charge in [0, 0.05) is 53.2 Å². The summed E-state index contributed by atoms with van der Waals surface area (Å²) in [7, 11) is 3.46. The van der Waals surface area contributed by atoms with Gasteiger partial charge in [0.25, 0.3) is 0 Å². The molecule has 170 valence electrons. The first-order valence-corrected chi connectivity index (χ1v) is 10.6. The Hall–Kier alpha value is -0.650. The molecule has 1 saturated heterocycles. The molecule has 2 fully saturated rings. The Labute approximate surface area is 192 Å². The molecule has 0 aromatic heterocycles. The molecule has 0 aromatic rings. The summed E-state index contributed by atoms with van der Waals surface area (Å²) in [5, 5.41) is 6.57. The number of likely N-dealkylation sites (N-methyl/N-ethyl adjacent to an activating group) is 1. The van der Waals surface area contributed by atoms with Crippen LogP contribution in [-0.4, -0.2) is 82.2 Å². The molecular weight excluding hydrogens is 487 g/mol. The maximum absolute atomic E-state index is 11.9. The van der Waals surface area contributed by atoms with Gasteiger partial charge in [-0.2, -0.15) is 0 Å². The van der Waals surface area contributed by atoms with Crippen molar-refractivity contribution in [2.45, 2.75) is 57.8 Å². The fraction of sp³-hybridized carbons (Fsp3) is 0.900. The van der Waals surface area contributed by atoms with Gasteiger partial charge in [0.05, 0.1) is 6.61 Å². The Morgan fingerprint density at radius 1 is 1.28 bits per heavy atom. The number of ether oxygens (including phenoxy) is 3. The number of aliphatic imine (C=N–C) groups is 1. The third kappa shape index (κ3) is 9.35. The molecule has 2 aliphatic rings. The fourth-order valence-electron chi connectivity index (χ4n) is 3.38. The average molecular weight is 526 g/mol. The first kappa shape index (κ1) is 26.4. The number of halogens is 1. The number of nitrogens with zero attached hydrogens (tertiary/aromatic N) is 2. The average Bonchev–Trinajstić information content (AvgIpc) is 3.08. The van der Waals surface area contributed by atoms with Crippen LogP contribution in [0.4, 0.5) is 0 Å². The van der Waals surface area contributed by atoms with Crippen molar-refractivity contribution in [3.8, 4) is 0 Å². The molecule has 9 heteroatoms. The predicted molar refractivity (Wildman–Crippen MR) is 125 cm³/mol. The van der Waals surface area contributed by atoms with E-state index < -0.39 is 0 Å². The Balaban J connectivity index is 0.00000420. The van der Waals surface area contributed by atoms with E-state index in [1.54, 1.807) is 14.1 Å². The molecule has 2 rings (SSSR count). The van der Waals surface area contributed by atoms with Crippen LogP contribution in [0, 0.1) is 5.92 Å². The second-order valence-corrected chi connectivity index (χ2v) is 7.96. The van der Waals surface area contributed by atoms with Crippen LogP contribution in [0.1, 0.15) is 46.0 Å². The van der Waals surface area contributed by atoms with Gasteiger partial charge in [0.15, 0.2) is 11.7 Å². The number of hydrogen-bond donors (Lipinski definition) is 2. The lowest BCUT2D eigenvalue weighted by Gasteiger charge is -2.34. The van der Waals surface area contributed by atoms with Crippen molar-refractivity contribution in [1.82, 2.24) is 15.5 Å². The van der Waals surface area contributed by atoms with E-state index >= 15 is 0 Å². The van der Waals surface area contributed by atoms with Crippen molar-refractivity contribution in [2.24, 2.45) is 10.9 Å². The molecule has 1 heterocycles. The van der Waals surface area contributed by atoms with Crippen molar-refractivity contribution in [2.75, 3.05) is 53.6 Å². The van der Waals surface area contributed by atoms with Gasteiger partial charge in [-0.25, -0.2) is 4.99 Å². The Kier molecular flexibility index (Phi) is 12.4. The minimum atomic E-state index is -0.387. The molecule has 1 saturated carbocycles. The SMILES string of the molecule is CCOCCCNC(=NCC(=O)N(C)C)NCC1COC2(CCC(C)CC2)O1.I. The molecule has 0 radical (unpaired) electrons. The molecule has 1 amide bonds. The summed E-state index contributed by atoms with van der Waals surface area (Å²) in [4.78, 5) is 17.8. The van der Waals surface area contributed by atoms with Crippen molar-refractivity contribution in [3.63, 3.8) is 0 Å². The molecule has 0 bridgehead atoms. The molecule has 8 nitrogen and oxygen atoms in total. The van der Waals surface area contributed by atoms with Gasteiger partial charge < -0.3 is 29.7 Å². The maximum Gasteiger partial charge on any atom is 0.243 e. The molecule has 1 aliphatic heterocycles. The van der Waals surface area contributed by atoms with E-state index in [2.05, 4.69) is 22.5 Å². The minimum Gasteiger partial charge on any atom is -0.382 e. The van der Waals surface area contributed by atoms with Gasteiger partial charge in [0.1, 0.15) is 12.6 Å². The third-order valence-corrected chi connectivity index (χ3v) is 5.28. The van der Waals surface area contributed by atoms with E-state index in [0.717, 1.165) is 51.2 Å². The number of carbonyl (C=O) groups excluding carboxylic acids is 1. The van der Waals surface area contributed by atoms with E-state index in [9.17, 15) is 4.79 Å². The summed E-state index contributed by atoms with van der Waals surface area (Å²) >= 11 is 0. The van der Waals surface area contributed by atoms with Crippen LogP contribution in [0.25, 0.3) is 0 Å². The van der Waals surface area contributed by atoms with Gasteiger partial charge in [-0.1, -0.05) is 6.92 Å². The zero-order valence-corrected chi connectivity index (χ0v) is 20.7. The number of nitrogens with one attached hydrogen (secondary N) is 2. The molecule has 0 aromatic carbocycles. The topological polar surface area (TPSA) is 84.4 Å². The first-order valence-electron chi connectivity index (χ1n) is 10.6. The standard InChI is InChI=1S/C20H38N4O4.HI/c1-5-26-12-6-11-21-19(23-14-18(25)24(3)4)22-13-17-15-27-20(28-17)9-7-16(2)8-10-20;/h16-17H,5-15H2,1-4H3,(H2,21,22,23);1H. The monoisotopic (exact) mass is 526 g/mol. The van der Waals surface area contributed by atoms with Crippen molar-refractivity contribution < 1.29 is 19.0 Å². The molecule has 1 aliphatic carbocycles. The lowest BCUT2D eigenvalue weighted by molar-refractivity contribution is -0.191. The predicted octanol–water partition coefficient (Wildman–Crippen LogP) is 1.98. The van der Waals surface area contributed by atoms with Gasteiger partial charge in [0.2, 0.25) is 5.91 Å². The molecule has 2 N–H and O–H groups in total. The minimum absolute atomic E-state index is 0. The summed E-state index contributed by atoms with van der Waals surface area (Å²) in [5.74, 6) is 0.950. The van der Waals surface area contributed by atoms with E-state index in [1.165, 1.54) is 4.90 Å². The zero-order valence-electron chi connectivity index (χ0n) is 18.4. The van der Waals surface area contributed by atoms with Crippen LogP contribution >= 0.6 is 24.0 Å². The lowest BCUT2D eigenvalue weighted by atomic mass is 9.86.